The molecule has 0 saturated carbocycles. The number of hydrogen-bond acceptors (Lipinski definition) is 6. The predicted molar refractivity (Wildman–Crippen MR) is 144 cm³/mol. The van der Waals surface area contributed by atoms with Gasteiger partial charge in [-0.15, -0.1) is 0 Å². The molecule has 3 aromatic carbocycles. The molecule has 5 rings (SSSR count). The van der Waals surface area contributed by atoms with Crippen LogP contribution in [-0.2, 0) is 10.0 Å². The maximum absolute atomic E-state index is 13.2. The third-order valence-corrected chi connectivity index (χ3v) is 8.69. The highest BCUT2D eigenvalue weighted by Gasteiger charge is 2.39. The Balaban J connectivity index is 1.50. The number of sulfonamides is 1. The third-order valence-electron chi connectivity index (χ3n) is 6.79. The van der Waals surface area contributed by atoms with E-state index in [0.29, 0.717) is 22.9 Å². The lowest BCUT2D eigenvalue weighted by atomic mass is 9.77. The summed E-state index contributed by atoms with van der Waals surface area (Å²) in [5, 5.41) is 3.65. The molecule has 1 aliphatic heterocycles. The molecule has 9 heteroatoms. The van der Waals surface area contributed by atoms with E-state index in [0.717, 1.165) is 27.7 Å². The van der Waals surface area contributed by atoms with Gasteiger partial charge in [0.1, 0.15) is 0 Å². The summed E-state index contributed by atoms with van der Waals surface area (Å²) in [6.07, 6.45) is 5.21. The Labute approximate surface area is 219 Å². The van der Waals surface area contributed by atoms with E-state index in [9.17, 15) is 8.42 Å². The van der Waals surface area contributed by atoms with E-state index < -0.39 is 10.0 Å². The number of anilines is 2. The van der Waals surface area contributed by atoms with E-state index in [2.05, 4.69) is 38.1 Å². The summed E-state index contributed by atoms with van der Waals surface area (Å²) in [5.41, 5.74) is 3.40. The maximum Gasteiger partial charge on any atom is 0.261 e. The second-order valence-electron chi connectivity index (χ2n) is 8.80. The largest absolute Gasteiger partial charge is 0.493 e. The van der Waals surface area contributed by atoms with E-state index in [4.69, 9.17) is 14.2 Å². The SMILES string of the molecule is COc1cc([C@H]2Nc3ccc(S(=O)(=O)Nc4ccc(Br)cc4)cc3[C@H]3C=CC[C@H]32)cc(OC)c1OC. The molecule has 1 heterocycles. The highest BCUT2D eigenvalue weighted by Crippen LogP contribution is 2.52. The zero-order chi connectivity index (χ0) is 25.4. The Hall–Kier alpha value is -3.17. The topological polar surface area (TPSA) is 85.9 Å². The molecular formula is C27H27BrN2O5S. The second-order valence-corrected chi connectivity index (χ2v) is 11.4. The van der Waals surface area contributed by atoms with Crippen LogP contribution in [0.1, 0.15) is 29.5 Å². The first kappa shape index (κ1) is 24.5. The van der Waals surface area contributed by atoms with Crippen molar-refractivity contribution in [1.82, 2.24) is 0 Å². The molecule has 0 bridgehead atoms. The highest BCUT2D eigenvalue weighted by atomic mass is 79.9. The summed E-state index contributed by atoms with van der Waals surface area (Å²) in [6.45, 7) is 0. The van der Waals surface area contributed by atoms with Gasteiger partial charge in [-0.2, -0.15) is 0 Å². The van der Waals surface area contributed by atoms with Gasteiger partial charge in [0.25, 0.3) is 10.0 Å². The summed E-state index contributed by atoms with van der Waals surface area (Å²) in [7, 11) is 1.05. The number of halogens is 1. The molecule has 0 amide bonds. The van der Waals surface area contributed by atoms with Gasteiger partial charge in [0.2, 0.25) is 5.75 Å². The van der Waals surface area contributed by atoms with Gasteiger partial charge in [0.05, 0.1) is 32.3 Å². The second kappa shape index (κ2) is 9.71. The molecule has 0 saturated heterocycles. The smallest absolute Gasteiger partial charge is 0.261 e. The van der Waals surface area contributed by atoms with Crippen molar-refractivity contribution in [2.24, 2.45) is 5.92 Å². The summed E-state index contributed by atoms with van der Waals surface area (Å²) in [6, 6.07) is 16.2. The van der Waals surface area contributed by atoms with Crippen molar-refractivity contribution in [3.05, 3.63) is 82.3 Å². The van der Waals surface area contributed by atoms with Crippen LogP contribution in [-0.4, -0.2) is 29.7 Å². The fourth-order valence-corrected chi connectivity index (χ4v) is 6.44. The zero-order valence-corrected chi connectivity index (χ0v) is 22.5. The van der Waals surface area contributed by atoms with Crippen LogP contribution in [0.3, 0.4) is 0 Å². The summed E-state index contributed by atoms with van der Waals surface area (Å²) < 4.78 is 46.5. The highest BCUT2D eigenvalue weighted by molar-refractivity contribution is 9.10. The normalized spacial score (nSPS) is 20.2. The Morgan fingerprint density at radius 2 is 1.64 bits per heavy atom. The van der Waals surface area contributed by atoms with Crippen LogP contribution in [0.15, 0.2) is 76.1 Å². The number of methoxy groups -OCH3 is 3. The number of hydrogen-bond donors (Lipinski definition) is 2. The lowest BCUT2D eigenvalue weighted by molar-refractivity contribution is 0.322. The van der Waals surface area contributed by atoms with Gasteiger partial charge in [-0.3, -0.25) is 4.72 Å². The van der Waals surface area contributed by atoms with Gasteiger partial charge < -0.3 is 19.5 Å². The minimum absolute atomic E-state index is 0.0189. The van der Waals surface area contributed by atoms with Crippen molar-refractivity contribution in [3.8, 4) is 17.2 Å². The Morgan fingerprint density at radius 1 is 0.944 bits per heavy atom. The Morgan fingerprint density at radius 3 is 2.28 bits per heavy atom. The van der Waals surface area contributed by atoms with Gasteiger partial charge >= 0.3 is 0 Å². The van der Waals surface area contributed by atoms with Crippen LogP contribution in [0.4, 0.5) is 11.4 Å². The van der Waals surface area contributed by atoms with Crippen molar-refractivity contribution < 1.29 is 22.6 Å². The number of allylic oxidation sites excluding steroid dienone is 2. The van der Waals surface area contributed by atoms with Crippen LogP contribution >= 0.6 is 15.9 Å². The van der Waals surface area contributed by atoms with E-state index in [1.54, 1.807) is 57.7 Å². The molecule has 0 fully saturated rings. The van der Waals surface area contributed by atoms with Crippen molar-refractivity contribution in [1.29, 1.82) is 0 Å². The molecule has 3 atom stereocenters. The molecule has 188 valence electrons. The average Bonchev–Trinajstić information content (AvgIpc) is 3.38. The predicted octanol–water partition coefficient (Wildman–Crippen LogP) is 6.10. The summed E-state index contributed by atoms with van der Waals surface area (Å²) >= 11 is 3.37. The minimum Gasteiger partial charge on any atom is -0.493 e. The van der Waals surface area contributed by atoms with Gasteiger partial charge in [0, 0.05) is 21.8 Å². The number of fused-ring (bicyclic) bond motifs is 3. The lowest BCUT2D eigenvalue weighted by Gasteiger charge is -2.38. The first-order valence-electron chi connectivity index (χ1n) is 11.5. The molecule has 0 aromatic heterocycles. The zero-order valence-electron chi connectivity index (χ0n) is 20.1. The van der Waals surface area contributed by atoms with Gasteiger partial charge in [-0.05, 0) is 78.1 Å². The van der Waals surface area contributed by atoms with Crippen LogP contribution in [0, 0.1) is 5.92 Å². The van der Waals surface area contributed by atoms with E-state index in [1.807, 2.05) is 18.2 Å². The quantitative estimate of drug-likeness (QED) is 0.334. The number of rotatable bonds is 7. The molecule has 0 spiro atoms. The number of ether oxygens (including phenoxy) is 3. The molecule has 7 nitrogen and oxygen atoms in total. The average molecular weight is 571 g/mol. The number of nitrogens with one attached hydrogen (secondary N) is 2. The van der Waals surface area contributed by atoms with Crippen molar-refractivity contribution in [3.63, 3.8) is 0 Å². The van der Waals surface area contributed by atoms with Crippen LogP contribution < -0.4 is 24.2 Å². The first-order chi connectivity index (χ1) is 17.3. The van der Waals surface area contributed by atoms with Crippen molar-refractivity contribution in [2.75, 3.05) is 31.4 Å². The van der Waals surface area contributed by atoms with Crippen LogP contribution in [0.2, 0.25) is 0 Å². The molecule has 36 heavy (non-hydrogen) atoms. The summed E-state index contributed by atoms with van der Waals surface area (Å²) in [4.78, 5) is 0.233. The lowest BCUT2D eigenvalue weighted by Crippen LogP contribution is -2.29. The monoisotopic (exact) mass is 570 g/mol. The summed E-state index contributed by atoms with van der Waals surface area (Å²) in [5.74, 6) is 2.03. The first-order valence-corrected chi connectivity index (χ1v) is 13.8. The minimum atomic E-state index is -3.74. The van der Waals surface area contributed by atoms with E-state index in [-0.39, 0.29) is 22.8 Å². The third kappa shape index (κ3) is 4.41. The van der Waals surface area contributed by atoms with Crippen molar-refractivity contribution in [2.45, 2.75) is 23.3 Å². The molecule has 2 N–H and O–H groups in total. The van der Waals surface area contributed by atoms with Gasteiger partial charge in [-0.25, -0.2) is 8.42 Å². The Bertz CT molecular complexity index is 1400. The molecule has 1 aliphatic carbocycles. The molecule has 0 radical (unpaired) electrons. The van der Waals surface area contributed by atoms with Crippen LogP contribution in [0.25, 0.3) is 0 Å². The molecule has 0 unspecified atom stereocenters. The Kier molecular flexibility index (Phi) is 6.61. The molecule has 3 aromatic rings. The fourth-order valence-electron chi connectivity index (χ4n) is 5.08. The number of benzene rings is 3. The van der Waals surface area contributed by atoms with Gasteiger partial charge in [-0.1, -0.05) is 28.1 Å². The van der Waals surface area contributed by atoms with Crippen molar-refractivity contribution >= 4 is 37.3 Å². The standard InChI is InChI=1S/C27H27BrN2O5S/c1-33-24-13-16(14-25(34-2)27(24)35-3)26-21-6-4-5-20(21)22-15-19(11-12-23(22)29-26)36(31,32)30-18-9-7-17(28)8-10-18/h4-5,7-15,20-21,26,29-30H,6H2,1-3H3/t20-,21+,26+/m0/s1. The van der Waals surface area contributed by atoms with Crippen LogP contribution in [0.5, 0.6) is 17.2 Å². The molecular weight excluding hydrogens is 544 g/mol. The fraction of sp³-hybridized carbons (Fsp3) is 0.259. The molecule has 2 aliphatic rings. The van der Waals surface area contributed by atoms with Gasteiger partial charge in [0.15, 0.2) is 11.5 Å². The van der Waals surface area contributed by atoms with E-state index >= 15 is 0 Å². The van der Waals surface area contributed by atoms with E-state index in [1.165, 1.54) is 0 Å². The maximum atomic E-state index is 13.2.